The van der Waals surface area contributed by atoms with Crippen molar-refractivity contribution >= 4 is 23.6 Å². The first-order valence-electron chi connectivity index (χ1n) is 8.46. The van der Waals surface area contributed by atoms with Gasteiger partial charge in [-0.25, -0.2) is 4.79 Å². The second-order valence-electron chi connectivity index (χ2n) is 7.15. The molecule has 0 spiro atoms. The summed E-state index contributed by atoms with van der Waals surface area (Å²) in [4.78, 5) is 25.3. The molecule has 1 aromatic carbocycles. The molecule has 2 fully saturated rings. The normalized spacial score (nSPS) is 29.7. The number of hydrogen-bond donors (Lipinski definition) is 2. The highest BCUT2D eigenvalue weighted by Gasteiger charge is 2.35. The van der Waals surface area contributed by atoms with Crippen LogP contribution in [-0.4, -0.2) is 41.1 Å². The number of aliphatic carboxylic acids is 1. The van der Waals surface area contributed by atoms with Gasteiger partial charge in [0.2, 0.25) is 0 Å². The Bertz CT molecular complexity index is 630. The van der Waals surface area contributed by atoms with Gasteiger partial charge in [-0.1, -0.05) is 30.7 Å². The average molecular weight is 351 g/mol. The summed E-state index contributed by atoms with van der Waals surface area (Å²) in [6.07, 6.45) is 2.44. The van der Waals surface area contributed by atoms with Crippen LogP contribution >= 0.6 is 11.6 Å². The second-order valence-corrected chi connectivity index (χ2v) is 7.59. The van der Waals surface area contributed by atoms with Crippen molar-refractivity contribution in [1.82, 2.24) is 10.2 Å². The van der Waals surface area contributed by atoms with Gasteiger partial charge in [0, 0.05) is 24.2 Å². The first-order valence-corrected chi connectivity index (χ1v) is 8.84. The number of piperidine rings is 1. The number of urea groups is 1. The summed E-state index contributed by atoms with van der Waals surface area (Å²) in [5.41, 5.74) is 1.21. The lowest BCUT2D eigenvalue weighted by atomic mass is 9.76. The zero-order valence-electron chi connectivity index (χ0n) is 13.7. The molecule has 2 N–H and O–H groups in total. The van der Waals surface area contributed by atoms with Gasteiger partial charge in [-0.15, -0.1) is 0 Å². The molecule has 3 rings (SSSR count). The Morgan fingerprint density at radius 3 is 2.67 bits per heavy atom. The van der Waals surface area contributed by atoms with Crippen LogP contribution in [-0.2, 0) is 4.79 Å². The lowest BCUT2D eigenvalue weighted by Crippen LogP contribution is -2.53. The average Bonchev–Trinajstić information content (AvgIpc) is 2.49. The van der Waals surface area contributed by atoms with E-state index in [1.807, 2.05) is 25.1 Å². The van der Waals surface area contributed by atoms with Gasteiger partial charge in [0.05, 0.1) is 5.92 Å². The van der Waals surface area contributed by atoms with Crippen LogP contribution in [0.25, 0.3) is 0 Å². The van der Waals surface area contributed by atoms with Gasteiger partial charge in [-0.3, -0.25) is 4.79 Å². The van der Waals surface area contributed by atoms with Crippen LogP contribution in [0.4, 0.5) is 4.79 Å². The first kappa shape index (κ1) is 17.1. The Balaban J connectivity index is 1.50. The molecule has 0 bridgehead atoms. The highest BCUT2D eigenvalue weighted by Crippen LogP contribution is 2.37. The van der Waals surface area contributed by atoms with Crippen molar-refractivity contribution in [1.29, 1.82) is 0 Å². The fourth-order valence-electron chi connectivity index (χ4n) is 3.73. The molecule has 0 aromatic heterocycles. The molecule has 1 aliphatic carbocycles. The van der Waals surface area contributed by atoms with Gasteiger partial charge >= 0.3 is 12.0 Å². The quantitative estimate of drug-likeness (QED) is 0.878. The molecule has 1 heterocycles. The molecule has 0 radical (unpaired) electrons. The molecule has 24 heavy (non-hydrogen) atoms. The van der Waals surface area contributed by atoms with Gasteiger partial charge in [0.15, 0.2) is 0 Å². The predicted octanol–water partition coefficient (Wildman–Crippen LogP) is 3.34. The van der Waals surface area contributed by atoms with Crippen molar-refractivity contribution in [2.24, 2.45) is 11.8 Å². The molecule has 130 valence electrons. The molecule has 1 aromatic rings. The standard InChI is InChI=1S/C18H23ClN2O3/c1-11-5-14(17(22)23)10-21(9-11)18(24)20-16-7-13(8-16)12-3-2-4-15(19)6-12/h2-4,6,11,13-14,16H,5,7-10H2,1H3,(H,20,24)(H,22,23). The highest BCUT2D eigenvalue weighted by molar-refractivity contribution is 6.30. The monoisotopic (exact) mass is 350 g/mol. The SMILES string of the molecule is CC1CC(C(=O)O)CN(C(=O)NC2CC(c3cccc(Cl)c3)C2)C1. The van der Waals surface area contributed by atoms with Crippen LogP contribution in [0.2, 0.25) is 5.02 Å². The summed E-state index contributed by atoms with van der Waals surface area (Å²) in [6.45, 7) is 2.92. The Morgan fingerprint density at radius 1 is 1.25 bits per heavy atom. The molecule has 2 atom stereocenters. The molecule has 2 amide bonds. The molecule has 1 aliphatic heterocycles. The summed E-state index contributed by atoms with van der Waals surface area (Å²) >= 11 is 6.02. The van der Waals surface area contributed by atoms with Gasteiger partial charge in [-0.2, -0.15) is 0 Å². The van der Waals surface area contributed by atoms with Crippen LogP contribution in [0.1, 0.15) is 37.7 Å². The van der Waals surface area contributed by atoms with E-state index >= 15 is 0 Å². The van der Waals surface area contributed by atoms with Crippen LogP contribution < -0.4 is 5.32 Å². The smallest absolute Gasteiger partial charge is 0.317 e. The van der Waals surface area contributed by atoms with E-state index < -0.39 is 11.9 Å². The van der Waals surface area contributed by atoms with E-state index in [9.17, 15) is 14.7 Å². The topological polar surface area (TPSA) is 69.6 Å². The van der Waals surface area contributed by atoms with Crippen molar-refractivity contribution in [2.75, 3.05) is 13.1 Å². The molecule has 6 heteroatoms. The Morgan fingerprint density at radius 2 is 2.00 bits per heavy atom. The first-order chi connectivity index (χ1) is 11.4. The van der Waals surface area contributed by atoms with E-state index in [2.05, 4.69) is 11.4 Å². The van der Waals surface area contributed by atoms with E-state index in [4.69, 9.17) is 11.6 Å². The zero-order chi connectivity index (χ0) is 17.3. The predicted molar refractivity (Wildman–Crippen MR) is 92.2 cm³/mol. The van der Waals surface area contributed by atoms with Gasteiger partial charge in [-0.05, 0) is 48.8 Å². The Hall–Kier alpha value is -1.75. The maximum atomic E-state index is 12.4. The number of carbonyl (C=O) groups is 2. The van der Waals surface area contributed by atoms with E-state index in [1.54, 1.807) is 4.90 Å². The van der Waals surface area contributed by atoms with E-state index in [0.717, 1.165) is 17.9 Å². The fraction of sp³-hybridized carbons (Fsp3) is 0.556. The third kappa shape index (κ3) is 3.83. The lowest BCUT2D eigenvalue weighted by Gasteiger charge is -2.40. The van der Waals surface area contributed by atoms with Crippen molar-refractivity contribution in [3.63, 3.8) is 0 Å². The number of nitrogens with zero attached hydrogens (tertiary/aromatic N) is 1. The lowest BCUT2D eigenvalue weighted by molar-refractivity contribution is -0.143. The van der Waals surface area contributed by atoms with Crippen molar-refractivity contribution in [3.8, 4) is 0 Å². The van der Waals surface area contributed by atoms with Gasteiger partial charge in [0.25, 0.3) is 0 Å². The van der Waals surface area contributed by atoms with Crippen LogP contribution in [0.5, 0.6) is 0 Å². The number of carbonyl (C=O) groups excluding carboxylic acids is 1. The van der Waals surface area contributed by atoms with Crippen molar-refractivity contribution < 1.29 is 14.7 Å². The molecular weight excluding hydrogens is 328 g/mol. The molecule has 2 aliphatic rings. The van der Waals surface area contributed by atoms with Gasteiger partial charge in [0.1, 0.15) is 0 Å². The molecule has 1 saturated heterocycles. The second kappa shape index (κ2) is 7.01. The number of nitrogens with one attached hydrogen (secondary N) is 1. The third-order valence-corrected chi connectivity index (χ3v) is 5.32. The summed E-state index contributed by atoms with van der Waals surface area (Å²) in [5, 5.41) is 13.0. The third-order valence-electron chi connectivity index (χ3n) is 5.08. The van der Waals surface area contributed by atoms with Crippen molar-refractivity contribution in [2.45, 2.75) is 38.1 Å². The van der Waals surface area contributed by atoms with Crippen LogP contribution in [0, 0.1) is 11.8 Å². The fourth-order valence-corrected chi connectivity index (χ4v) is 3.93. The number of hydrogen-bond acceptors (Lipinski definition) is 2. The zero-order valence-corrected chi connectivity index (χ0v) is 14.5. The molecule has 2 unspecified atom stereocenters. The minimum atomic E-state index is -0.816. The summed E-state index contributed by atoms with van der Waals surface area (Å²) < 4.78 is 0. The Labute approximate surface area is 147 Å². The van der Waals surface area contributed by atoms with Crippen LogP contribution in [0.15, 0.2) is 24.3 Å². The number of halogens is 1. The van der Waals surface area contributed by atoms with Gasteiger partial charge < -0.3 is 15.3 Å². The molecule has 5 nitrogen and oxygen atoms in total. The maximum absolute atomic E-state index is 12.4. The van der Waals surface area contributed by atoms with E-state index in [0.29, 0.717) is 25.4 Å². The number of rotatable bonds is 3. The highest BCUT2D eigenvalue weighted by atomic mass is 35.5. The largest absolute Gasteiger partial charge is 0.481 e. The number of likely N-dealkylation sites (tertiary alicyclic amines) is 1. The molecular formula is C18H23ClN2O3. The minimum Gasteiger partial charge on any atom is -0.481 e. The number of benzene rings is 1. The van der Waals surface area contributed by atoms with E-state index in [-0.39, 0.29) is 18.0 Å². The number of carboxylic acid groups (broad SMARTS) is 1. The van der Waals surface area contributed by atoms with Crippen LogP contribution in [0.3, 0.4) is 0 Å². The number of amides is 2. The Kier molecular flexibility index (Phi) is 4.99. The molecule has 1 saturated carbocycles. The maximum Gasteiger partial charge on any atom is 0.317 e. The van der Waals surface area contributed by atoms with E-state index in [1.165, 1.54) is 5.56 Å². The minimum absolute atomic E-state index is 0.137. The summed E-state index contributed by atoms with van der Waals surface area (Å²) in [5.74, 6) is -0.628. The number of carboxylic acids is 1. The summed E-state index contributed by atoms with van der Waals surface area (Å²) in [7, 11) is 0. The van der Waals surface area contributed by atoms with Crippen molar-refractivity contribution in [3.05, 3.63) is 34.9 Å². The summed E-state index contributed by atoms with van der Waals surface area (Å²) in [6, 6.07) is 7.88.